The van der Waals surface area contributed by atoms with Crippen molar-refractivity contribution in [2.24, 2.45) is 0 Å². The molecule has 0 bridgehead atoms. The summed E-state index contributed by atoms with van der Waals surface area (Å²) < 4.78 is 32.3. The van der Waals surface area contributed by atoms with Crippen LogP contribution < -0.4 is 9.46 Å². The number of aryl methyl sites for hydroxylation is 1. The van der Waals surface area contributed by atoms with Crippen molar-refractivity contribution in [1.82, 2.24) is 14.7 Å². The molecule has 0 spiro atoms. The van der Waals surface area contributed by atoms with Gasteiger partial charge in [0.25, 0.3) is 10.0 Å². The summed E-state index contributed by atoms with van der Waals surface area (Å²) in [5.41, 5.74) is 1.69. The minimum atomic E-state index is -4.17. The zero-order valence-corrected chi connectivity index (χ0v) is 20.6. The molecule has 1 saturated heterocycles. The monoisotopic (exact) mass is 495 g/mol. The zero-order valence-electron chi connectivity index (χ0n) is 18.1. The van der Waals surface area contributed by atoms with Crippen molar-refractivity contribution < 1.29 is 23.2 Å². The van der Waals surface area contributed by atoms with Gasteiger partial charge in [-0.1, -0.05) is 59.9 Å². The lowest BCUT2D eigenvalue weighted by Crippen LogP contribution is -2.57. The largest absolute Gasteiger partial charge is 0.496 e. The highest BCUT2D eigenvalue weighted by molar-refractivity contribution is 8.24. The maximum Gasteiger partial charge on any atom is 0.357 e. The van der Waals surface area contributed by atoms with Crippen LogP contribution in [0.2, 0.25) is 0 Å². The molecule has 11 heteroatoms. The van der Waals surface area contributed by atoms with E-state index in [1.165, 1.54) is 23.9 Å². The smallest absolute Gasteiger partial charge is 0.357 e. The minimum absolute atomic E-state index is 0.0775. The van der Waals surface area contributed by atoms with Crippen LogP contribution >= 0.6 is 24.0 Å². The van der Waals surface area contributed by atoms with Gasteiger partial charge in [0.1, 0.15) is 16.2 Å². The zero-order chi connectivity index (χ0) is 23.7. The van der Waals surface area contributed by atoms with Crippen LogP contribution in [-0.2, 0) is 16.6 Å². The maximum atomic E-state index is 12.8. The Hall–Kier alpha value is -2.34. The van der Waals surface area contributed by atoms with Gasteiger partial charge in [-0.3, -0.25) is 5.21 Å². The molecular formula is C21H25N3O5S3. The number of amides is 2. The topological polar surface area (TPSA) is 99.2 Å². The lowest BCUT2D eigenvalue weighted by Gasteiger charge is -2.36. The quantitative estimate of drug-likeness (QED) is 0.355. The number of urea groups is 1. The average Bonchev–Trinajstić information content (AvgIpc) is 2.95. The lowest BCUT2D eigenvalue weighted by atomic mass is 10.1. The minimum Gasteiger partial charge on any atom is -0.496 e. The molecule has 1 heterocycles. The van der Waals surface area contributed by atoms with Crippen LogP contribution in [0.4, 0.5) is 4.79 Å². The van der Waals surface area contributed by atoms with Crippen LogP contribution in [0.3, 0.4) is 0 Å². The van der Waals surface area contributed by atoms with Crippen molar-refractivity contribution in [3.8, 4) is 5.75 Å². The van der Waals surface area contributed by atoms with E-state index in [1.54, 1.807) is 30.2 Å². The number of thioether (sulfide) groups is 1. The Kier molecular flexibility index (Phi) is 7.03. The van der Waals surface area contributed by atoms with Crippen LogP contribution in [0.5, 0.6) is 5.75 Å². The summed E-state index contributed by atoms with van der Waals surface area (Å²) in [7, 11) is -2.61. The third kappa shape index (κ3) is 5.01. The molecule has 172 valence electrons. The molecule has 0 saturated carbocycles. The number of hydrogen-bond acceptors (Lipinski definition) is 7. The van der Waals surface area contributed by atoms with E-state index >= 15 is 0 Å². The first-order valence-electron chi connectivity index (χ1n) is 9.69. The first-order chi connectivity index (χ1) is 15.0. The second-order valence-electron chi connectivity index (χ2n) is 7.85. The highest BCUT2D eigenvalue weighted by Gasteiger charge is 2.49. The highest BCUT2D eigenvalue weighted by Crippen LogP contribution is 2.43. The van der Waals surface area contributed by atoms with E-state index in [-0.39, 0.29) is 11.4 Å². The lowest BCUT2D eigenvalue weighted by molar-refractivity contribution is -0.118. The van der Waals surface area contributed by atoms with Gasteiger partial charge < -0.3 is 9.64 Å². The summed E-state index contributed by atoms with van der Waals surface area (Å²) in [5.74, 6) is 0.639. The Labute approximate surface area is 197 Å². The summed E-state index contributed by atoms with van der Waals surface area (Å²) in [5, 5.41) is 11.2. The third-order valence-electron chi connectivity index (χ3n) is 5.03. The third-order valence-corrected chi connectivity index (χ3v) is 7.99. The summed E-state index contributed by atoms with van der Waals surface area (Å²) in [6, 6.07) is 12.2. The number of carbonyl (C=O) groups is 1. The molecule has 32 heavy (non-hydrogen) atoms. The number of methoxy groups -OCH3 is 1. The number of hydrogen-bond donors (Lipinski definition) is 2. The van der Waals surface area contributed by atoms with Gasteiger partial charge in [-0.15, -0.1) is 0 Å². The predicted octanol–water partition coefficient (Wildman–Crippen LogP) is 3.73. The summed E-state index contributed by atoms with van der Waals surface area (Å²) >= 11 is 6.83. The number of thiocarbonyl (C=S) groups is 1. The fourth-order valence-corrected chi connectivity index (χ4v) is 6.26. The molecule has 1 fully saturated rings. The van der Waals surface area contributed by atoms with Crippen molar-refractivity contribution in [3.05, 3.63) is 59.7 Å². The van der Waals surface area contributed by atoms with Gasteiger partial charge in [-0.25, -0.2) is 17.9 Å². The Morgan fingerprint density at radius 1 is 1.25 bits per heavy atom. The Morgan fingerprint density at radius 2 is 1.88 bits per heavy atom. The number of carbonyl (C=O) groups excluding carboxylic acids is 1. The molecule has 1 aliphatic heterocycles. The van der Waals surface area contributed by atoms with Crippen molar-refractivity contribution in [2.75, 3.05) is 7.11 Å². The molecule has 1 aliphatic rings. The second kappa shape index (κ2) is 9.26. The standard InChI is InChI=1S/C21H25N3O5S3/c1-14-9-11-16(12-10-14)32(27,28)22-19(25)24(26)18-21(2,3)31-20(30)23(18)13-15-7-5-6-8-17(15)29-4/h5-12,18,26H,13H2,1-4H3,(H,22,25)/t18-/m0/s1. The molecule has 0 aliphatic carbocycles. The predicted molar refractivity (Wildman–Crippen MR) is 127 cm³/mol. The number of benzene rings is 2. The van der Waals surface area contributed by atoms with Crippen LogP contribution in [0.15, 0.2) is 53.4 Å². The number of ether oxygens (including phenoxy) is 1. The van der Waals surface area contributed by atoms with E-state index in [4.69, 9.17) is 17.0 Å². The second-order valence-corrected chi connectivity index (χ2v) is 11.8. The van der Waals surface area contributed by atoms with E-state index < -0.39 is 27.0 Å². The van der Waals surface area contributed by atoms with E-state index in [1.807, 2.05) is 43.7 Å². The normalized spacial score (nSPS) is 17.8. The molecule has 2 aromatic rings. The molecule has 2 aromatic carbocycles. The molecule has 0 radical (unpaired) electrons. The number of sulfonamides is 1. The average molecular weight is 496 g/mol. The molecule has 0 unspecified atom stereocenters. The molecular weight excluding hydrogens is 470 g/mol. The van der Waals surface area contributed by atoms with Gasteiger partial charge in [-0.05, 0) is 39.0 Å². The van der Waals surface area contributed by atoms with Crippen molar-refractivity contribution >= 4 is 44.4 Å². The van der Waals surface area contributed by atoms with Gasteiger partial charge in [0.05, 0.1) is 23.3 Å². The highest BCUT2D eigenvalue weighted by atomic mass is 32.2. The van der Waals surface area contributed by atoms with E-state index in [9.17, 15) is 18.4 Å². The van der Waals surface area contributed by atoms with Crippen LogP contribution in [0.25, 0.3) is 0 Å². The van der Waals surface area contributed by atoms with Gasteiger partial charge in [0.15, 0.2) is 0 Å². The first kappa shape index (κ1) is 24.3. The molecule has 8 nitrogen and oxygen atoms in total. The number of para-hydroxylation sites is 1. The number of hydroxylamine groups is 2. The van der Waals surface area contributed by atoms with E-state index in [0.29, 0.717) is 15.1 Å². The molecule has 0 aromatic heterocycles. The van der Waals surface area contributed by atoms with Gasteiger partial charge >= 0.3 is 6.03 Å². The van der Waals surface area contributed by atoms with Crippen LogP contribution in [0.1, 0.15) is 25.0 Å². The Balaban J connectivity index is 1.86. The van der Waals surface area contributed by atoms with Crippen molar-refractivity contribution in [3.63, 3.8) is 0 Å². The molecule has 2 N–H and O–H groups in total. The van der Waals surface area contributed by atoms with Crippen molar-refractivity contribution in [2.45, 2.75) is 43.1 Å². The van der Waals surface area contributed by atoms with Crippen LogP contribution in [0, 0.1) is 6.92 Å². The Morgan fingerprint density at radius 3 is 2.50 bits per heavy atom. The molecule has 3 rings (SSSR count). The Bertz CT molecular complexity index is 1120. The fourth-order valence-electron chi connectivity index (χ4n) is 3.46. The summed E-state index contributed by atoms with van der Waals surface area (Å²) in [6.45, 7) is 5.73. The molecule has 2 amide bonds. The van der Waals surface area contributed by atoms with E-state index in [2.05, 4.69) is 0 Å². The van der Waals surface area contributed by atoms with Crippen LogP contribution in [-0.4, -0.2) is 52.0 Å². The van der Waals surface area contributed by atoms with E-state index in [0.717, 1.165) is 11.1 Å². The number of nitrogens with one attached hydrogen (secondary N) is 1. The molecule has 1 atom stereocenters. The van der Waals surface area contributed by atoms with Gasteiger partial charge in [-0.2, -0.15) is 5.06 Å². The number of nitrogens with zero attached hydrogens (tertiary/aromatic N) is 2. The van der Waals surface area contributed by atoms with Gasteiger partial charge in [0.2, 0.25) is 0 Å². The maximum absolute atomic E-state index is 12.8. The number of rotatable bonds is 6. The summed E-state index contributed by atoms with van der Waals surface area (Å²) in [4.78, 5) is 14.4. The summed E-state index contributed by atoms with van der Waals surface area (Å²) in [6.07, 6.45) is -0.918. The van der Waals surface area contributed by atoms with Crippen molar-refractivity contribution in [1.29, 1.82) is 0 Å². The first-order valence-corrected chi connectivity index (χ1v) is 12.4. The SMILES string of the molecule is COc1ccccc1CN1C(=S)SC(C)(C)[C@@H]1N(O)C(=O)NS(=O)(=O)c1ccc(C)cc1. The fraction of sp³-hybridized carbons (Fsp3) is 0.333. The van der Waals surface area contributed by atoms with Gasteiger partial charge in [0, 0.05) is 5.56 Å².